The standard InChI is InChI=1S/C67H119N2O7P/c1-7-10-13-16-19-22-25-27-29-31-33-34-36-38-40-42-45-48-51-54-57-60-67(71)76-65(58-55-52-49-46-43-24-21-18-15-12-9-3)64(63-75-77(72,73)74-62-61-69(4,5)6)68-66(70)59-56-53-50-47-44-41-39-37-35-32-30-28-26-23-20-17-14-11-8-2/h11,14,20,23,27-30,35,37,41,44,50,53,55,58,64-65H,7-10,12-13,15-19,21-22,24-26,31-34,36,38-40,42-43,45-49,51-52,54,56-57,59-63H2,1-6H3,(H-,68,70,72,73)/b14-11-,23-20-,29-27+,30-28-,37-35-,44-41-,53-50-,58-55+. The first-order valence-corrected chi connectivity index (χ1v) is 33.0. The zero-order valence-electron chi connectivity index (χ0n) is 50.6. The van der Waals surface area contributed by atoms with E-state index in [4.69, 9.17) is 13.8 Å². The van der Waals surface area contributed by atoms with Gasteiger partial charge in [-0.15, -0.1) is 0 Å². The number of carbonyl (C=O) groups excluding carboxylic acids is 2. The van der Waals surface area contributed by atoms with Crippen LogP contribution in [-0.4, -0.2) is 69.4 Å². The average Bonchev–Trinajstić information content (AvgIpc) is 3.39. The lowest BCUT2D eigenvalue weighted by Crippen LogP contribution is -2.47. The maximum atomic E-state index is 13.5. The molecule has 1 N–H and O–H groups in total. The molecule has 0 aromatic heterocycles. The fourth-order valence-electron chi connectivity index (χ4n) is 8.66. The van der Waals surface area contributed by atoms with Crippen LogP contribution in [0.15, 0.2) is 97.2 Å². The summed E-state index contributed by atoms with van der Waals surface area (Å²) in [7, 11) is 1.13. The van der Waals surface area contributed by atoms with Gasteiger partial charge in [0.25, 0.3) is 7.82 Å². The van der Waals surface area contributed by atoms with Crippen molar-refractivity contribution < 1.29 is 37.3 Å². The molecule has 0 radical (unpaired) electrons. The van der Waals surface area contributed by atoms with Crippen LogP contribution in [0.4, 0.5) is 0 Å². The van der Waals surface area contributed by atoms with Gasteiger partial charge in [-0.2, -0.15) is 0 Å². The second kappa shape index (κ2) is 56.2. The summed E-state index contributed by atoms with van der Waals surface area (Å²) in [4.78, 5) is 39.9. The first-order chi connectivity index (χ1) is 37.4. The number of phosphoric acid groups is 1. The number of amides is 1. The summed E-state index contributed by atoms with van der Waals surface area (Å²) >= 11 is 0. The second-order valence-electron chi connectivity index (χ2n) is 22.2. The lowest BCUT2D eigenvalue weighted by Gasteiger charge is -2.30. The van der Waals surface area contributed by atoms with Crippen molar-refractivity contribution in [2.45, 2.75) is 277 Å². The Morgan fingerprint density at radius 2 is 0.844 bits per heavy atom. The van der Waals surface area contributed by atoms with Crippen molar-refractivity contribution in [1.82, 2.24) is 5.32 Å². The molecule has 9 nitrogen and oxygen atoms in total. The van der Waals surface area contributed by atoms with E-state index in [1.807, 2.05) is 45.4 Å². The lowest BCUT2D eigenvalue weighted by molar-refractivity contribution is -0.870. The van der Waals surface area contributed by atoms with Gasteiger partial charge in [0.1, 0.15) is 19.3 Å². The Kier molecular flexibility index (Phi) is 54.0. The number of rotatable bonds is 56. The molecular weight excluding hydrogens is 976 g/mol. The minimum Gasteiger partial charge on any atom is -0.756 e. The topological polar surface area (TPSA) is 114 Å². The van der Waals surface area contributed by atoms with Crippen LogP contribution in [0.3, 0.4) is 0 Å². The summed E-state index contributed by atoms with van der Waals surface area (Å²) in [6, 6.07) is -0.933. The minimum atomic E-state index is -4.72. The number of allylic oxidation sites excluding steroid dienone is 15. The Morgan fingerprint density at radius 1 is 0.468 bits per heavy atom. The number of ether oxygens (including phenoxy) is 1. The number of unbranched alkanes of at least 4 members (excludes halogenated alkanes) is 26. The van der Waals surface area contributed by atoms with Crippen LogP contribution in [-0.2, 0) is 27.9 Å². The summed E-state index contributed by atoms with van der Waals surface area (Å²) < 4.78 is 30.2. The Balaban J connectivity index is 5.29. The number of nitrogens with zero attached hydrogens (tertiary/aromatic N) is 1. The van der Waals surface area contributed by atoms with Gasteiger partial charge in [-0.3, -0.25) is 14.2 Å². The summed E-state index contributed by atoms with van der Waals surface area (Å²) in [6.07, 6.45) is 75.4. The molecule has 3 unspecified atom stereocenters. The third-order valence-electron chi connectivity index (χ3n) is 13.5. The van der Waals surface area contributed by atoms with Gasteiger partial charge in [0.05, 0.1) is 33.8 Å². The highest BCUT2D eigenvalue weighted by Gasteiger charge is 2.27. The molecule has 0 rings (SSSR count). The van der Waals surface area contributed by atoms with E-state index in [0.29, 0.717) is 17.4 Å². The van der Waals surface area contributed by atoms with E-state index in [2.05, 4.69) is 99.0 Å². The largest absolute Gasteiger partial charge is 0.756 e. The van der Waals surface area contributed by atoms with Gasteiger partial charge >= 0.3 is 5.97 Å². The van der Waals surface area contributed by atoms with E-state index in [1.54, 1.807) is 0 Å². The minimum absolute atomic E-state index is 0.0397. The number of hydrogen-bond donors (Lipinski definition) is 1. The van der Waals surface area contributed by atoms with Gasteiger partial charge in [0.15, 0.2) is 0 Å². The Bertz CT molecular complexity index is 1640. The molecule has 0 saturated heterocycles. The van der Waals surface area contributed by atoms with Gasteiger partial charge in [0.2, 0.25) is 5.91 Å². The number of hydrogen-bond acceptors (Lipinski definition) is 7. The van der Waals surface area contributed by atoms with Gasteiger partial charge < -0.3 is 28.5 Å². The summed E-state index contributed by atoms with van der Waals surface area (Å²) in [5, 5.41) is 2.98. The molecule has 10 heteroatoms. The van der Waals surface area contributed by atoms with E-state index in [0.717, 1.165) is 77.0 Å². The number of likely N-dealkylation sites (N-methyl/N-ethyl adjacent to an activating group) is 1. The maximum absolute atomic E-state index is 13.5. The molecule has 0 aromatic carbocycles. The molecule has 0 aromatic rings. The molecule has 1 amide bonds. The quantitative estimate of drug-likeness (QED) is 0.0212. The predicted octanol–water partition coefficient (Wildman–Crippen LogP) is 18.9. The number of esters is 1. The number of carbonyl (C=O) groups is 2. The smallest absolute Gasteiger partial charge is 0.306 e. The molecule has 3 atom stereocenters. The van der Waals surface area contributed by atoms with Crippen LogP contribution in [0, 0.1) is 0 Å². The molecular formula is C67H119N2O7P. The highest BCUT2D eigenvalue weighted by molar-refractivity contribution is 7.45. The predicted molar refractivity (Wildman–Crippen MR) is 330 cm³/mol. The monoisotopic (exact) mass is 1090 g/mol. The lowest BCUT2D eigenvalue weighted by atomic mass is 10.0. The number of nitrogens with one attached hydrogen (secondary N) is 1. The summed E-state index contributed by atoms with van der Waals surface area (Å²) in [5.41, 5.74) is 0. The van der Waals surface area contributed by atoms with Crippen molar-refractivity contribution in [3.8, 4) is 0 Å². The van der Waals surface area contributed by atoms with Crippen molar-refractivity contribution in [3.63, 3.8) is 0 Å². The van der Waals surface area contributed by atoms with E-state index in [1.165, 1.54) is 148 Å². The molecule has 0 fully saturated rings. The van der Waals surface area contributed by atoms with Crippen molar-refractivity contribution in [3.05, 3.63) is 97.2 Å². The average molecular weight is 1100 g/mol. The molecule has 0 heterocycles. The third-order valence-corrected chi connectivity index (χ3v) is 14.5. The SMILES string of the molecule is CC/C=C\C/C=C\C/C=C\C/C=C\C/C=C\C/C=C\CCC(=O)NC(COP(=O)([O-])OCC[N+](C)(C)C)C(/C=C/CCCCCCCCCCC)OC(=O)CCCCCCCCCCCCC/C=C/CCCCCCCC. The third kappa shape index (κ3) is 57.4. The van der Waals surface area contributed by atoms with Crippen LogP contribution in [0.2, 0.25) is 0 Å². The van der Waals surface area contributed by atoms with Gasteiger partial charge in [0, 0.05) is 12.8 Å². The highest BCUT2D eigenvalue weighted by Crippen LogP contribution is 2.38. The number of quaternary nitrogens is 1. The molecule has 0 aliphatic carbocycles. The number of phosphoric ester groups is 1. The molecule has 0 aliphatic heterocycles. The second-order valence-corrected chi connectivity index (χ2v) is 23.6. The van der Waals surface area contributed by atoms with Crippen LogP contribution in [0.5, 0.6) is 0 Å². The van der Waals surface area contributed by atoms with E-state index in [-0.39, 0.29) is 31.3 Å². The van der Waals surface area contributed by atoms with Gasteiger partial charge in [-0.05, 0) is 96.0 Å². The first-order valence-electron chi connectivity index (χ1n) is 31.5. The van der Waals surface area contributed by atoms with Crippen LogP contribution < -0.4 is 10.2 Å². The summed E-state index contributed by atoms with van der Waals surface area (Å²) in [5.74, 6) is -0.641. The summed E-state index contributed by atoms with van der Waals surface area (Å²) in [6.45, 7) is 6.66. The molecule has 0 aliphatic rings. The van der Waals surface area contributed by atoms with Crippen molar-refractivity contribution in [1.29, 1.82) is 0 Å². The van der Waals surface area contributed by atoms with Crippen LogP contribution in [0.25, 0.3) is 0 Å². The van der Waals surface area contributed by atoms with Crippen LogP contribution >= 0.6 is 7.82 Å². The molecule has 77 heavy (non-hydrogen) atoms. The van der Waals surface area contributed by atoms with Crippen LogP contribution in [0.1, 0.15) is 265 Å². The molecule has 0 saturated carbocycles. The van der Waals surface area contributed by atoms with Gasteiger partial charge in [-0.25, -0.2) is 0 Å². The van der Waals surface area contributed by atoms with E-state index < -0.39 is 26.6 Å². The zero-order chi connectivity index (χ0) is 56.4. The normalized spacial score (nSPS) is 14.3. The van der Waals surface area contributed by atoms with E-state index in [9.17, 15) is 19.0 Å². The molecule has 0 bridgehead atoms. The van der Waals surface area contributed by atoms with Gasteiger partial charge in [-0.1, -0.05) is 253 Å². The zero-order valence-corrected chi connectivity index (χ0v) is 51.5. The highest BCUT2D eigenvalue weighted by atomic mass is 31.2. The Morgan fingerprint density at radius 3 is 1.27 bits per heavy atom. The van der Waals surface area contributed by atoms with Crippen molar-refractivity contribution in [2.24, 2.45) is 0 Å². The van der Waals surface area contributed by atoms with E-state index >= 15 is 0 Å². The fraction of sp³-hybridized carbons (Fsp3) is 0.731. The Hall–Kier alpha value is -3.07. The molecule has 444 valence electrons. The maximum Gasteiger partial charge on any atom is 0.306 e. The van der Waals surface area contributed by atoms with Crippen molar-refractivity contribution >= 4 is 19.7 Å². The van der Waals surface area contributed by atoms with Crippen molar-refractivity contribution in [2.75, 3.05) is 40.9 Å². The first kappa shape index (κ1) is 73.9. The molecule has 0 spiro atoms. The fourth-order valence-corrected chi connectivity index (χ4v) is 9.38. The Labute approximate surface area is 475 Å².